The fraction of sp³-hybridized carbons (Fsp3) is 0.0455. The van der Waals surface area contributed by atoms with Crippen LogP contribution in [0.15, 0.2) is 170 Å². The molecule has 0 radical (unpaired) electrons. The lowest BCUT2D eigenvalue weighted by Crippen LogP contribution is -2.02. The molecule has 0 fully saturated rings. The van der Waals surface area contributed by atoms with Crippen LogP contribution in [0.1, 0.15) is 45.2 Å². The maximum atomic E-state index is 2.52. The molecule has 2 aliphatic rings. The molecule has 2 atom stereocenters. The molecule has 0 aliphatic heterocycles. The van der Waals surface area contributed by atoms with Crippen molar-refractivity contribution in [1.82, 2.24) is 0 Å². The van der Waals surface area contributed by atoms with Crippen molar-refractivity contribution in [2.24, 2.45) is 0 Å². The van der Waals surface area contributed by atoms with E-state index in [1.807, 2.05) is 0 Å². The summed E-state index contributed by atoms with van der Waals surface area (Å²) >= 11 is 0. The molecular formula is C44H30. The van der Waals surface area contributed by atoms with Gasteiger partial charge in [-0.05, 0) is 96.1 Å². The Morgan fingerprint density at radius 1 is 0.250 bits per heavy atom. The predicted molar refractivity (Wildman–Crippen MR) is 183 cm³/mol. The standard InChI is InChI=1S/C44H30/c1-4-14-29(15-5-1)32-24-33(30-16-6-2-7-17-30)26-34(25-32)44-38-23-13-11-21-36(38)40-27-41-39(28-42(40)44)35-20-10-12-22-37(35)43(41)31-18-8-3-9-19-31/h1-28,43-44H. The van der Waals surface area contributed by atoms with Crippen molar-refractivity contribution in [1.29, 1.82) is 0 Å². The van der Waals surface area contributed by atoms with Crippen LogP contribution in [-0.4, -0.2) is 0 Å². The molecule has 9 rings (SSSR count). The van der Waals surface area contributed by atoms with Crippen LogP contribution in [-0.2, 0) is 0 Å². The molecule has 0 heterocycles. The van der Waals surface area contributed by atoms with Gasteiger partial charge in [-0.1, -0.05) is 152 Å². The van der Waals surface area contributed by atoms with Crippen molar-refractivity contribution in [3.8, 4) is 44.5 Å². The third-order valence-corrected chi connectivity index (χ3v) is 9.60. The van der Waals surface area contributed by atoms with Gasteiger partial charge < -0.3 is 0 Å². The van der Waals surface area contributed by atoms with Crippen LogP contribution < -0.4 is 0 Å². The summed E-state index contributed by atoms with van der Waals surface area (Å²) in [5.74, 6) is 0.394. The van der Waals surface area contributed by atoms with Gasteiger partial charge in [-0.2, -0.15) is 0 Å². The van der Waals surface area contributed by atoms with E-state index in [4.69, 9.17) is 0 Å². The molecule has 0 N–H and O–H groups in total. The Balaban J connectivity index is 1.29. The van der Waals surface area contributed by atoms with Crippen molar-refractivity contribution in [3.63, 3.8) is 0 Å². The second-order valence-electron chi connectivity index (χ2n) is 12.1. The van der Waals surface area contributed by atoms with Crippen LogP contribution in [0.2, 0.25) is 0 Å². The zero-order valence-corrected chi connectivity index (χ0v) is 24.3. The topological polar surface area (TPSA) is 0 Å². The first-order valence-electron chi connectivity index (χ1n) is 15.5. The van der Waals surface area contributed by atoms with Crippen LogP contribution >= 0.6 is 0 Å². The van der Waals surface area contributed by atoms with Gasteiger partial charge in [-0.25, -0.2) is 0 Å². The van der Waals surface area contributed by atoms with E-state index in [1.54, 1.807) is 0 Å². The largest absolute Gasteiger partial charge is 0.0622 e. The second kappa shape index (κ2) is 10.1. The van der Waals surface area contributed by atoms with Crippen molar-refractivity contribution >= 4 is 0 Å². The van der Waals surface area contributed by atoms with Crippen LogP contribution in [0.3, 0.4) is 0 Å². The normalized spacial score (nSPS) is 15.7. The first-order chi connectivity index (χ1) is 21.8. The lowest BCUT2D eigenvalue weighted by atomic mass is 9.84. The minimum absolute atomic E-state index is 0.153. The Bertz CT molecular complexity index is 2100. The SMILES string of the molecule is c1ccc(-c2cc(-c3ccccc3)cc(C3c4ccccc4-c4cc5c(cc43)-c3ccccc3C5c3ccccc3)c2)cc1. The average molecular weight is 559 g/mol. The highest BCUT2D eigenvalue weighted by molar-refractivity contribution is 5.90. The Morgan fingerprint density at radius 3 is 1.16 bits per heavy atom. The molecule has 0 aromatic heterocycles. The molecule has 0 saturated carbocycles. The zero-order valence-electron chi connectivity index (χ0n) is 24.3. The van der Waals surface area contributed by atoms with Crippen molar-refractivity contribution in [3.05, 3.63) is 203 Å². The number of hydrogen-bond acceptors (Lipinski definition) is 0. The highest BCUT2D eigenvalue weighted by Crippen LogP contribution is 2.55. The summed E-state index contributed by atoms with van der Waals surface area (Å²) in [6.07, 6.45) is 0. The first kappa shape index (κ1) is 25.1. The van der Waals surface area contributed by atoms with Gasteiger partial charge in [0.05, 0.1) is 0 Å². The van der Waals surface area contributed by atoms with Crippen LogP contribution in [0.4, 0.5) is 0 Å². The third kappa shape index (κ3) is 3.92. The zero-order chi connectivity index (χ0) is 29.0. The molecule has 0 bridgehead atoms. The molecule has 206 valence electrons. The summed E-state index contributed by atoms with van der Waals surface area (Å²) in [5.41, 5.74) is 18.7. The number of benzene rings is 7. The van der Waals surface area contributed by atoms with Crippen molar-refractivity contribution in [2.75, 3.05) is 0 Å². The quantitative estimate of drug-likeness (QED) is 0.201. The first-order valence-corrected chi connectivity index (χ1v) is 15.5. The molecule has 0 saturated heterocycles. The molecule has 7 aromatic rings. The molecule has 44 heavy (non-hydrogen) atoms. The summed E-state index contributed by atoms with van der Waals surface area (Å²) in [6.45, 7) is 0. The van der Waals surface area contributed by atoms with E-state index in [2.05, 4.69) is 170 Å². The van der Waals surface area contributed by atoms with Crippen LogP contribution in [0.25, 0.3) is 44.5 Å². The summed E-state index contributed by atoms with van der Waals surface area (Å²) in [5, 5.41) is 0. The van der Waals surface area contributed by atoms with E-state index in [9.17, 15) is 0 Å². The maximum absolute atomic E-state index is 2.52. The Kier molecular flexibility index (Phi) is 5.74. The summed E-state index contributed by atoms with van der Waals surface area (Å²) in [4.78, 5) is 0. The van der Waals surface area contributed by atoms with Crippen molar-refractivity contribution in [2.45, 2.75) is 11.8 Å². The number of rotatable bonds is 4. The Labute approximate surface area is 258 Å². The number of hydrogen-bond donors (Lipinski definition) is 0. The van der Waals surface area contributed by atoms with Gasteiger partial charge in [0, 0.05) is 11.8 Å². The van der Waals surface area contributed by atoms with Crippen LogP contribution in [0, 0.1) is 0 Å². The molecular weight excluding hydrogens is 528 g/mol. The Morgan fingerprint density at radius 2 is 0.659 bits per heavy atom. The van der Waals surface area contributed by atoms with Gasteiger partial charge in [0.2, 0.25) is 0 Å². The van der Waals surface area contributed by atoms with Gasteiger partial charge in [-0.15, -0.1) is 0 Å². The Hall–Kier alpha value is -5.46. The molecule has 2 unspecified atom stereocenters. The highest BCUT2D eigenvalue weighted by atomic mass is 14.4. The van der Waals surface area contributed by atoms with E-state index in [-0.39, 0.29) is 11.8 Å². The minimum atomic E-state index is 0.153. The summed E-state index contributed by atoms with van der Waals surface area (Å²) in [7, 11) is 0. The minimum Gasteiger partial charge on any atom is -0.0622 e. The smallest absolute Gasteiger partial charge is 0.0352 e. The van der Waals surface area contributed by atoms with Gasteiger partial charge >= 0.3 is 0 Å². The average Bonchev–Trinajstić information content (AvgIpc) is 3.60. The van der Waals surface area contributed by atoms with Crippen molar-refractivity contribution < 1.29 is 0 Å². The predicted octanol–water partition coefficient (Wildman–Crippen LogP) is 11.3. The fourth-order valence-corrected chi connectivity index (χ4v) is 7.68. The van der Waals surface area contributed by atoms with E-state index in [0.717, 1.165) is 0 Å². The van der Waals surface area contributed by atoms with E-state index < -0.39 is 0 Å². The fourth-order valence-electron chi connectivity index (χ4n) is 7.68. The van der Waals surface area contributed by atoms with Gasteiger partial charge in [-0.3, -0.25) is 0 Å². The number of fused-ring (bicyclic) bond motifs is 6. The second-order valence-corrected chi connectivity index (χ2v) is 12.1. The van der Waals surface area contributed by atoms with E-state index in [0.29, 0.717) is 0 Å². The van der Waals surface area contributed by atoms with Gasteiger partial charge in [0.1, 0.15) is 0 Å². The molecule has 0 spiro atoms. The third-order valence-electron chi connectivity index (χ3n) is 9.60. The van der Waals surface area contributed by atoms with E-state index >= 15 is 0 Å². The molecule has 0 heteroatoms. The molecule has 0 amide bonds. The molecule has 2 aliphatic carbocycles. The highest BCUT2D eigenvalue weighted by Gasteiger charge is 2.36. The summed E-state index contributed by atoms with van der Waals surface area (Å²) in [6, 6.07) is 62.9. The monoisotopic (exact) mass is 558 g/mol. The summed E-state index contributed by atoms with van der Waals surface area (Å²) < 4.78 is 0. The van der Waals surface area contributed by atoms with Gasteiger partial charge in [0.25, 0.3) is 0 Å². The molecule has 0 nitrogen and oxygen atoms in total. The molecule has 7 aromatic carbocycles. The van der Waals surface area contributed by atoms with Crippen LogP contribution in [0.5, 0.6) is 0 Å². The lowest BCUT2D eigenvalue weighted by Gasteiger charge is -2.19. The lowest BCUT2D eigenvalue weighted by molar-refractivity contribution is 1.00. The maximum Gasteiger partial charge on any atom is 0.0352 e. The van der Waals surface area contributed by atoms with E-state index in [1.165, 1.54) is 77.9 Å². The van der Waals surface area contributed by atoms with Gasteiger partial charge in [0.15, 0.2) is 0 Å².